The molecule has 166 valence electrons. The van der Waals surface area contributed by atoms with Crippen LogP contribution in [0.3, 0.4) is 0 Å². The van der Waals surface area contributed by atoms with Gasteiger partial charge in [-0.1, -0.05) is 6.07 Å². The molecule has 3 aromatic heterocycles. The Morgan fingerprint density at radius 2 is 1.78 bits per heavy atom. The zero-order valence-corrected chi connectivity index (χ0v) is 17.9. The highest BCUT2D eigenvalue weighted by molar-refractivity contribution is 6.13. The van der Waals surface area contributed by atoms with Crippen LogP contribution in [0.25, 0.3) is 21.8 Å². The van der Waals surface area contributed by atoms with Crippen molar-refractivity contribution >= 4 is 33.7 Å². The van der Waals surface area contributed by atoms with Gasteiger partial charge in [0.25, 0.3) is 5.95 Å². The van der Waals surface area contributed by atoms with Crippen molar-refractivity contribution in [1.82, 2.24) is 9.97 Å². The summed E-state index contributed by atoms with van der Waals surface area (Å²) in [7, 11) is 1.54. The van der Waals surface area contributed by atoms with Crippen LogP contribution in [0.2, 0.25) is 0 Å². The molecule has 9 heteroatoms. The van der Waals surface area contributed by atoms with Gasteiger partial charge < -0.3 is 28.3 Å². The number of hydrogen-bond donors (Lipinski definition) is 1. The third kappa shape index (κ3) is 3.90. The second-order valence-electron chi connectivity index (χ2n) is 6.77. The van der Waals surface area contributed by atoms with E-state index in [0.29, 0.717) is 16.8 Å². The standard InChI is InChI=1S/C23H22N2O7/c1-4-29-22(26)17-9-10-18(32-17)31-16-8-6-7-14-20(16)19-13(12-28-3)21(23(27)30-5-2)24-11-15(19)25-14/h6-11,25H,4-5,12H2,1-3H3. The van der Waals surface area contributed by atoms with Gasteiger partial charge in [0.05, 0.1) is 42.4 Å². The summed E-state index contributed by atoms with van der Waals surface area (Å²) >= 11 is 0. The Labute approximate surface area is 183 Å². The largest absolute Gasteiger partial charge is 0.461 e. The molecule has 0 aliphatic rings. The smallest absolute Gasteiger partial charge is 0.374 e. The molecule has 1 aromatic carbocycles. The van der Waals surface area contributed by atoms with Crippen molar-refractivity contribution in [3.05, 3.63) is 53.5 Å². The average Bonchev–Trinajstić information content (AvgIpc) is 3.39. The highest BCUT2D eigenvalue weighted by Crippen LogP contribution is 2.38. The molecule has 0 amide bonds. The van der Waals surface area contributed by atoms with Crippen LogP contribution in [0, 0.1) is 0 Å². The molecule has 4 aromatic rings. The van der Waals surface area contributed by atoms with E-state index in [-0.39, 0.29) is 37.2 Å². The molecule has 4 rings (SSSR count). The number of nitrogens with zero attached hydrogens (tertiary/aromatic N) is 1. The highest BCUT2D eigenvalue weighted by Gasteiger charge is 2.22. The Morgan fingerprint density at radius 1 is 1.00 bits per heavy atom. The van der Waals surface area contributed by atoms with Crippen molar-refractivity contribution < 1.29 is 33.0 Å². The summed E-state index contributed by atoms with van der Waals surface area (Å²) in [5.41, 5.74) is 2.24. The van der Waals surface area contributed by atoms with Gasteiger partial charge in [-0.25, -0.2) is 14.6 Å². The third-order valence-corrected chi connectivity index (χ3v) is 4.75. The van der Waals surface area contributed by atoms with E-state index in [1.54, 1.807) is 39.3 Å². The lowest BCUT2D eigenvalue weighted by Crippen LogP contribution is -2.11. The number of aromatic amines is 1. The number of nitrogens with one attached hydrogen (secondary N) is 1. The molecule has 0 saturated heterocycles. The second kappa shape index (κ2) is 9.11. The van der Waals surface area contributed by atoms with Gasteiger partial charge in [0.1, 0.15) is 5.75 Å². The number of furan rings is 1. The first kappa shape index (κ1) is 21.4. The number of hydrogen-bond acceptors (Lipinski definition) is 8. The van der Waals surface area contributed by atoms with Crippen molar-refractivity contribution in [2.24, 2.45) is 0 Å². The van der Waals surface area contributed by atoms with E-state index < -0.39 is 11.9 Å². The van der Waals surface area contributed by atoms with Gasteiger partial charge in [-0.2, -0.15) is 0 Å². The Kier molecular flexibility index (Phi) is 6.09. The summed E-state index contributed by atoms with van der Waals surface area (Å²) in [5, 5.41) is 1.45. The summed E-state index contributed by atoms with van der Waals surface area (Å²) in [4.78, 5) is 32.0. The quantitative estimate of drug-likeness (QED) is 0.397. The first-order chi connectivity index (χ1) is 15.6. The van der Waals surface area contributed by atoms with Crippen LogP contribution in [0.4, 0.5) is 0 Å². The molecule has 0 aliphatic carbocycles. The van der Waals surface area contributed by atoms with Gasteiger partial charge in [-0.3, -0.25) is 0 Å². The number of carbonyl (C=O) groups is 2. The summed E-state index contributed by atoms with van der Waals surface area (Å²) in [6, 6.07) is 8.50. The van der Waals surface area contributed by atoms with Gasteiger partial charge in [0, 0.05) is 24.1 Å². The number of rotatable bonds is 8. The summed E-state index contributed by atoms with van der Waals surface area (Å²) in [5.74, 6) is -0.457. The molecular weight excluding hydrogens is 416 g/mol. The van der Waals surface area contributed by atoms with Crippen LogP contribution in [-0.2, 0) is 20.8 Å². The first-order valence-electron chi connectivity index (χ1n) is 10.1. The van der Waals surface area contributed by atoms with Crippen LogP contribution < -0.4 is 4.74 Å². The molecule has 0 radical (unpaired) electrons. The minimum absolute atomic E-state index is 0.0434. The van der Waals surface area contributed by atoms with Gasteiger partial charge in [-0.05, 0) is 32.0 Å². The van der Waals surface area contributed by atoms with E-state index in [1.165, 1.54) is 6.07 Å². The van der Waals surface area contributed by atoms with Crippen molar-refractivity contribution in [2.75, 3.05) is 20.3 Å². The predicted molar refractivity (Wildman–Crippen MR) is 115 cm³/mol. The number of pyridine rings is 1. The van der Waals surface area contributed by atoms with Crippen molar-refractivity contribution in [3.63, 3.8) is 0 Å². The topological polar surface area (TPSA) is 113 Å². The van der Waals surface area contributed by atoms with Crippen LogP contribution in [0.1, 0.15) is 40.5 Å². The van der Waals surface area contributed by atoms with Crippen molar-refractivity contribution in [1.29, 1.82) is 0 Å². The zero-order valence-electron chi connectivity index (χ0n) is 17.9. The number of H-pyrrole nitrogens is 1. The van der Waals surface area contributed by atoms with E-state index in [2.05, 4.69) is 9.97 Å². The fourth-order valence-corrected chi connectivity index (χ4v) is 3.51. The lowest BCUT2D eigenvalue weighted by molar-refractivity contribution is 0.0483. The maximum Gasteiger partial charge on any atom is 0.374 e. The van der Waals surface area contributed by atoms with E-state index in [0.717, 1.165) is 16.3 Å². The van der Waals surface area contributed by atoms with E-state index in [1.807, 2.05) is 12.1 Å². The number of benzene rings is 1. The zero-order chi connectivity index (χ0) is 22.7. The molecule has 0 unspecified atom stereocenters. The van der Waals surface area contributed by atoms with Gasteiger partial charge in [0.15, 0.2) is 5.69 Å². The van der Waals surface area contributed by atoms with Crippen LogP contribution in [0.5, 0.6) is 11.7 Å². The minimum atomic E-state index is -0.569. The lowest BCUT2D eigenvalue weighted by Gasteiger charge is -2.10. The Morgan fingerprint density at radius 3 is 2.53 bits per heavy atom. The Bertz CT molecular complexity index is 1290. The lowest BCUT2D eigenvalue weighted by atomic mass is 10.1. The average molecular weight is 438 g/mol. The van der Waals surface area contributed by atoms with Crippen molar-refractivity contribution in [3.8, 4) is 11.7 Å². The molecule has 0 spiro atoms. The molecular formula is C23H22N2O7. The summed E-state index contributed by atoms with van der Waals surface area (Å²) in [6.45, 7) is 4.07. The molecule has 0 fully saturated rings. The van der Waals surface area contributed by atoms with Crippen LogP contribution in [-0.4, -0.2) is 42.2 Å². The molecule has 0 atom stereocenters. The van der Waals surface area contributed by atoms with E-state index in [9.17, 15) is 9.59 Å². The first-order valence-corrected chi connectivity index (χ1v) is 10.1. The predicted octanol–water partition coefficient (Wildman–Crippen LogP) is 4.60. The van der Waals surface area contributed by atoms with E-state index >= 15 is 0 Å². The van der Waals surface area contributed by atoms with Gasteiger partial charge in [-0.15, -0.1) is 0 Å². The molecule has 0 bridgehead atoms. The Hall–Kier alpha value is -3.85. The summed E-state index contributed by atoms with van der Waals surface area (Å²) < 4.78 is 26.9. The monoisotopic (exact) mass is 438 g/mol. The van der Waals surface area contributed by atoms with Gasteiger partial charge >= 0.3 is 11.9 Å². The van der Waals surface area contributed by atoms with Crippen LogP contribution >= 0.6 is 0 Å². The third-order valence-electron chi connectivity index (χ3n) is 4.75. The number of esters is 2. The maximum absolute atomic E-state index is 12.5. The molecule has 1 N–H and O–H groups in total. The molecule has 0 saturated carbocycles. The number of ether oxygens (including phenoxy) is 4. The minimum Gasteiger partial charge on any atom is -0.461 e. The highest BCUT2D eigenvalue weighted by atomic mass is 16.6. The van der Waals surface area contributed by atoms with E-state index in [4.69, 9.17) is 23.4 Å². The number of methoxy groups -OCH3 is 1. The van der Waals surface area contributed by atoms with Crippen molar-refractivity contribution in [2.45, 2.75) is 20.5 Å². The Balaban J connectivity index is 1.84. The number of aromatic nitrogens is 2. The second-order valence-corrected chi connectivity index (χ2v) is 6.77. The number of fused-ring (bicyclic) bond motifs is 3. The summed E-state index contributed by atoms with van der Waals surface area (Å²) in [6.07, 6.45) is 1.58. The van der Waals surface area contributed by atoms with Gasteiger partial charge in [0.2, 0.25) is 5.76 Å². The molecule has 9 nitrogen and oxygen atoms in total. The van der Waals surface area contributed by atoms with Crippen LogP contribution in [0.15, 0.2) is 40.9 Å². The molecule has 3 heterocycles. The molecule has 32 heavy (non-hydrogen) atoms. The fraction of sp³-hybridized carbons (Fsp3) is 0.261. The normalized spacial score (nSPS) is 11.1. The maximum atomic E-state index is 12.5. The fourth-order valence-electron chi connectivity index (χ4n) is 3.51. The SMILES string of the molecule is CCOC(=O)c1ccc(Oc2cccc3[nH]c4cnc(C(=O)OCC)c(COC)c4c23)o1. The molecule has 0 aliphatic heterocycles. The number of carbonyl (C=O) groups excluding carboxylic acids is 2.